The average molecular weight is 404 g/mol. The number of likely N-dealkylation sites (tertiary alicyclic amines) is 2. The van der Waals surface area contributed by atoms with Crippen molar-refractivity contribution in [3.63, 3.8) is 0 Å². The second-order valence-electron chi connectivity index (χ2n) is 6.97. The van der Waals surface area contributed by atoms with Crippen LogP contribution in [0, 0.1) is 0 Å². The number of aliphatic carboxylic acids is 1. The monoisotopic (exact) mass is 404 g/mol. The van der Waals surface area contributed by atoms with Gasteiger partial charge in [-0.3, -0.25) is 14.4 Å². The van der Waals surface area contributed by atoms with Gasteiger partial charge in [-0.15, -0.1) is 0 Å². The van der Waals surface area contributed by atoms with Crippen molar-refractivity contribution in [2.24, 2.45) is 0 Å². The minimum atomic E-state index is -5.08. The minimum absolute atomic E-state index is 0.330. The van der Waals surface area contributed by atoms with Crippen LogP contribution in [0.1, 0.15) is 39.0 Å². The molecular weight excluding hydrogens is 377 g/mol. The number of carboxylic acids is 1. The molecule has 1 N–H and O–H groups in total. The van der Waals surface area contributed by atoms with E-state index in [0.29, 0.717) is 24.4 Å². The molecule has 1 amide bonds. The summed E-state index contributed by atoms with van der Waals surface area (Å²) in [7, 11) is 0. The fraction of sp³-hybridized carbons (Fsp3) is 0.722. The van der Waals surface area contributed by atoms with Crippen LogP contribution in [0.2, 0.25) is 0 Å². The van der Waals surface area contributed by atoms with Crippen molar-refractivity contribution < 1.29 is 27.9 Å². The third-order valence-corrected chi connectivity index (χ3v) is 5.20. The van der Waals surface area contributed by atoms with Gasteiger partial charge in [-0.25, -0.2) is 4.79 Å². The Morgan fingerprint density at radius 2 is 1.79 bits per heavy atom. The molecule has 0 saturated carbocycles. The number of hydrogen-bond acceptors (Lipinski definition) is 4. The van der Waals surface area contributed by atoms with Crippen molar-refractivity contribution >= 4 is 11.9 Å². The van der Waals surface area contributed by atoms with Gasteiger partial charge in [0.05, 0.1) is 6.54 Å². The number of aromatic nitrogens is 2. The van der Waals surface area contributed by atoms with Gasteiger partial charge in [0, 0.05) is 44.0 Å². The van der Waals surface area contributed by atoms with Crippen molar-refractivity contribution in [3.05, 3.63) is 18.5 Å². The Kier molecular flexibility index (Phi) is 7.85. The predicted octanol–water partition coefficient (Wildman–Crippen LogP) is 2.38. The fourth-order valence-corrected chi connectivity index (χ4v) is 3.93. The van der Waals surface area contributed by atoms with Crippen molar-refractivity contribution in [1.82, 2.24) is 19.6 Å². The fourth-order valence-electron chi connectivity index (χ4n) is 3.93. The summed E-state index contributed by atoms with van der Waals surface area (Å²) in [5, 5.41) is 11.4. The van der Waals surface area contributed by atoms with Crippen LogP contribution in [0.25, 0.3) is 0 Å². The van der Waals surface area contributed by atoms with E-state index in [1.54, 1.807) is 0 Å². The highest BCUT2D eigenvalue weighted by molar-refractivity contribution is 5.76. The van der Waals surface area contributed by atoms with Crippen LogP contribution in [-0.4, -0.2) is 74.5 Å². The third kappa shape index (κ3) is 5.95. The lowest BCUT2D eigenvalue weighted by Crippen LogP contribution is -2.48. The van der Waals surface area contributed by atoms with E-state index in [2.05, 4.69) is 14.9 Å². The van der Waals surface area contributed by atoms with Gasteiger partial charge in [-0.05, 0) is 38.3 Å². The Morgan fingerprint density at radius 1 is 1.14 bits per heavy atom. The summed E-state index contributed by atoms with van der Waals surface area (Å²) < 4.78 is 33.7. The maximum absolute atomic E-state index is 12.1. The van der Waals surface area contributed by atoms with Crippen LogP contribution < -0.4 is 0 Å². The second-order valence-corrected chi connectivity index (χ2v) is 6.97. The molecule has 7 nitrogen and oxygen atoms in total. The Labute approximate surface area is 162 Å². The van der Waals surface area contributed by atoms with Crippen molar-refractivity contribution in [2.45, 2.75) is 63.8 Å². The van der Waals surface area contributed by atoms with Gasteiger partial charge in [-0.1, -0.05) is 6.92 Å². The van der Waals surface area contributed by atoms with E-state index < -0.39 is 12.1 Å². The van der Waals surface area contributed by atoms with E-state index in [0.717, 1.165) is 26.2 Å². The molecule has 0 aromatic carbocycles. The maximum atomic E-state index is 12.1. The predicted molar refractivity (Wildman–Crippen MR) is 95.5 cm³/mol. The zero-order valence-corrected chi connectivity index (χ0v) is 15.9. The Balaban J connectivity index is 0.000000345. The first kappa shape index (κ1) is 22.2. The highest BCUT2D eigenvalue weighted by Gasteiger charge is 2.39. The summed E-state index contributed by atoms with van der Waals surface area (Å²) in [6, 6.07) is 2.97. The van der Waals surface area contributed by atoms with E-state index in [9.17, 15) is 18.0 Å². The molecule has 1 aromatic rings. The van der Waals surface area contributed by atoms with Crippen molar-refractivity contribution in [3.8, 4) is 0 Å². The summed E-state index contributed by atoms with van der Waals surface area (Å²) in [4.78, 5) is 25.7. The van der Waals surface area contributed by atoms with E-state index in [-0.39, 0.29) is 0 Å². The number of carbonyl (C=O) groups excluding carboxylic acids is 1. The van der Waals surface area contributed by atoms with Crippen LogP contribution in [0.4, 0.5) is 13.2 Å². The van der Waals surface area contributed by atoms with E-state index >= 15 is 0 Å². The molecule has 2 saturated heterocycles. The molecule has 2 aliphatic rings. The molecule has 0 aliphatic carbocycles. The zero-order valence-electron chi connectivity index (χ0n) is 15.9. The average Bonchev–Trinajstić information content (AvgIpc) is 3.39. The molecule has 0 radical (unpaired) electrons. The number of halogens is 3. The Bertz CT molecular complexity index is 637. The second kappa shape index (κ2) is 9.90. The van der Waals surface area contributed by atoms with Crippen molar-refractivity contribution in [2.75, 3.05) is 19.6 Å². The summed E-state index contributed by atoms with van der Waals surface area (Å²) in [5.41, 5.74) is 0. The highest BCUT2D eigenvalue weighted by Crippen LogP contribution is 2.30. The van der Waals surface area contributed by atoms with Gasteiger partial charge < -0.3 is 10.0 Å². The topological polar surface area (TPSA) is 78.7 Å². The maximum Gasteiger partial charge on any atom is 0.490 e. The largest absolute Gasteiger partial charge is 0.490 e. The molecule has 2 fully saturated rings. The molecule has 3 heterocycles. The molecule has 1 aromatic heterocycles. The standard InChI is InChI=1S/C16H26N4O.C2HF3O2/c1-2-16(21)20-11-4-7-15(20)14-6-3-9-18(14)12-13-19-10-5-8-17-19;3-2(4,5)1(6)7/h5,8,10,14-15H,2-4,6-7,9,11-13H2,1H3;(H,6,7). The van der Waals surface area contributed by atoms with E-state index in [1.807, 2.05) is 30.1 Å². The normalized spacial score (nSPS) is 22.8. The molecule has 28 heavy (non-hydrogen) atoms. The number of nitrogens with zero attached hydrogens (tertiary/aromatic N) is 4. The first-order valence-corrected chi connectivity index (χ1v) is 9.55. The SMILES string of the molecule is CCC(=O)N1CCCC1C1CCCN1CCn1cccn1.O=C(O)C(F)(F)F. The Morgan fingerprint density at radius 3 is 2.36 bits per heavy atom. The first-order valence-electron chi connectivity index (χ1n) is 9.55. The summed E-state index contributed by atoms with van der Waals surface area (Å²) in [5.74, 6) is -2.43. The van der Waals surface area contributed by atoms with Gasteiger partial charge in [0.2, 0.25) is 5.91 Å². The van der Waals surface area contributed by atoms with Gasteiger partial charge in [0.15, 0.2) is 0 Å². The molecule has 2 aliphatic heterocycles. The molecule has 158 valence electrons. The van der Waals surface area contributed by atoms with Gasteiger partial charge >= 0.3 is 12.1 Å². The number of carbonyl (C=O) groups is 2. The molecule has 0 bridgehead atoms. The number of carboxylic acid groups (broad SMARTS) is 1. The number of alkyl halides is 3. The quantitative estimate of drug-likeness (QED) is 0.815. The van der Waals surface area contributed by atoms with E-state index in [1.165, 1.54) is 25.7 Å². The van der Waals surface area contributed by atoms with Crippen LogP contribution >= 0.6 is 0 Å². The lowest BCUT2D eigenvalue weighted by molar-refractivity contribution is -0.192. The molecular formula is C18H27F3N4O3. The number of rotatable bonds is 5. The molecule has 0 spiro atoms. The van der Waals surface area contributed by atoms with Gasteiger partial charge in [0.25, 0.3) is 0 Å². The zero-order chi connectivity index (χ0) is 20.7. The van der Waals surface area contributed by atoms with Crippen LogP contribution in [-0.2, 0) is 16.1 Å². The van der Waals surface area contributed by atoms with Gasteiger partial charge in [0.1, 0.15) is 0 Å². The Hall–Kier alpha value is -2.10. The number of hydrogen-bond donors (Lipinski definition) is 1. The van der Waals surface area contributed by atoms with Gasteiger partial charge in [-0.2, -0.15) is 18.3 Å². The van der Waals surface area contributed by atoms with Crippen LogP contribution in [0.3, 0.4) is 0 Å². The highest BCUT2D eigenvalue weighted by atomic mass is 19.4. The lowest BCUT2D eigenvalue weighted by atomic mass is 10.0. The third-order valence-electron chi connectivity index (χ3n) is 5.20. The summed E-state index contributed by atoms with van der Waals surface area (Å²) in [6.07, 6.45) is 4.24. The molecule has 3 rings (SSSR count). The van der Waals surface area contributed by atoms with E-state index in [4.69, 9.17) is 9.90 Å². The number of amides is 1. The summed E-state index contributed by atoms with van der Waals surface area (Å²) >= 11 is 0. The molecule has 2 unspecified atom stereocenters. The minimum Gasteiger partial charge on any atom is -0.475 e. The lowest BCUT2D eigenvalue weighted by Gasteiger charge is -2.35. The van der Waals surface area contributed by atoms with Crippen LogP contribution in [0.15, 0.2) is 18.5 Å². The molecule has 10 heteroatoms. The first-order chi connectivity index (χ1) is 13.2. The van der Waals surface area contributed by atoms with Crippen molar-refractivity contribution in [1.29, 1.82) is 0 Å². The smallest absolute Gasteiger partial charge is 0.475 e. The van der Waals surface area contributed by atoms with Crippen LogP contribution in [0.5, 0.6) is 0 Å². The molecule has 2 atom stereocenters. The summed E-state index contributed by atoms with van der Waals surface area (Å²) in [6.45, 7) is 6.08.